The van der Waals surface area contributed by atoms with Crippen molar-refractivity contribution in [1.82, 2.24) is 20.4 Å². The zero-order valence-corrected chi connectivity index (χ0v) is 18.9. The van der Waals surface area contributed by atoms with Gasteiger partial charge < -0.3 is 20.1 Å². The molecule has 2 amide bonds. The Hall–Kier alpha value is -3.52. The lowest BCUT2D eigenvalue weighted by atomic mass is 10.2. The largest absolute Gasteiger partial charge is 0.493 e. The number of amides is 2. The maximum Gasteiger partial charge on any atom is 0.257 e. The Morgan fingerprint density at radius 3 is 2.66 bits per heavy atom. The average molecular weight is 457 g/mol. The van der Waals surface area contributed by atoms with Crippen LogP contribution in [0.4, 0.5) is 0 Å². The van der Waals surface area contributed by atoms with Gasteiger partial charge in [-0.05, 0) is 49.7 Å². The van der Waals surface area contributed by atoms with Crippen LogP contribution in [0.5, 0.6) is 11.5 Å². The summed E-state index contributed by atoms with van der Waals surface area (Å²) < 4.78 is 12.5. The quantitative estimate of drug-likeness (QED) is 0.515. The summed E-state index contributed by atoms with van der Waals surface area (Å²) in [5, 5.41) is 10.5. The molecule has 0 aliphatic rings. The Bertz CT molecular complexity index is 1110. The van der Waals surface area contributed by atoms with E-state index >= 15 is 0 Å². The summed E-state index contributed by atoms with van der Waals surface area (Å²) in [6.45, 7) is 4.39. The number of halogens is 1. The van der Waals surface area contributed by atoms with Crippen LogP contribution in [-0.2, 0) is 11.3 Å². The van der Waals surface area contributed by atoms with Crippen molar-refractivity contribution in [3.8, 4) is 17.2 Å². The van der Waals surface area contributed by atoms with E-state index in [4.69, 9.17) is 21.1 Å². The minimum Gasteiger partial charge on any atom is -0.493 e. The second kappa shape index (κ2) is 10.7. The van der Waals surface area contributed by atoms with Gasteiger partial charge in [0.15, 0.2) is 18.1 Å². The molecule has 0 saturated heterocycles. The number of benzene rings is 2. The number of rotatable bonds is 9. The van der Waals surface area contributed by atoms with Crippen LogP contribution in [0.1, 0.15) is 28.5 Å². The minimum absolute atomic E-state index is 0.101. The summed E-state index contributed by atoms with van der Waals surface area (Å²) in [4.78, 5) is 24.3. The summed E-state index contributed by atoms with van der Waals surface area (Å²) in [6.07, 6.45) is 1.53. The molecule has 168 valence electrons. The van der Waals surface area contributed by atoms with Crippen LogP contribution in [0.25, 0.3) is 5.69 Å². The van der Waals surface area contributed by atoms with E-state index in [9.17, 15) is 9.59 Å². The molecule has 1 aromatic heterocycles. The molecule has 3 aromatic rings. The molecule has 0 radical (unpaired) electrons. The zero-order valence-electron chi connectivity index (χ0n) is 18.1. The van der Waals surface area contributed by atoms with Crippen molar-refractivity contribution in [2.45, 2.75) is 20.4 Å². The Kier molecular flexibility index (Phi) is 7.72. The van der Waals surface area contributed by atoms with Gasteiger partial charge in [0.1, 0.15) is 0 Å². The smallest absolute Gasteiger partial charge is 0.257 e. The van der Waals surface area contributed by atoms with Crippen molar-refractivity contribution < 1.29 is 19.1 Å². The van der Waals surface area contributed by atoms with E-state index in [1.807, 2.05) is 26.0 Å². The van der Waals surface area contributed by atoms with Crippen LogP contribution in [-0.4, -0.2) is 41.9 Å². The number of ether oxygens (including phenoxy) is 2. The molecule has 9 heteroatoms. The molecule has 0 saturated carbocycles. The van der Waals surface area contributed by atoms with Crippen molar-refractivity contribution in [3.63, 3.8) is 0 Å². The number of carbonyl (C=O) groups is 2. The van der Waals surface area contributed by atoms with Crippen molar-refractivity contribution in [3.05, 3.63) is 70.5 Å². The van der Waals surface area contributed by atoms with Crippen LogP contribution in [0.3, 0.4) is 0 Å². The first-order chi connectivity index (χ1) is 15.4. The lowest BCUT2D eigenvalue weighted by Gasteiger charge is -2.12. The molecule has 0 aliphatic heterocycles. The van der Waals surface area contributed by atoms with Crippen molar-refractivity contribution in [1.29, 1.82) is 0 Å². The molecule has 2 N–H and O–H groups in total. The van der Waals surface area contributed by atoms with E-state index in [0.29, 0.717) is 34.3 Å². The van der Waals surface area contributed by atoms with Crippen molar-refractivity contribution >= 4 is 23.4 Å². The van der Waals surface area contributed by atoms with Gasteiger partial charge in [-0.1, -0.05) is 23.7 Å². The Morgan fingerprint density at radius 1 is 1.12 bits per heavy atom. The highest BCUT2D eigenvalue weighted by molar-refractivity contribution is 6.30. The van der Waals surface area contributed by atoms with Gasteiger partial charge in [-0.15, -0.1) is 0 Å². The van der Waals surface area contributed by atoms with E-state index in [1.54, 1.807) is 35.0 Å². The maximum atomic E-state index is 12.7. The van der Waals surface area contributed by atoms with Gasteiger partial charge in [-0.2, -0.15) is 5.10 Å². The van der Waals surface area contributed by atoms with E-state index in [0.717, 1.165) is 11.3 Å². The van der Waals surface area contributed by atoms with Gasteiger partial charge in [0.2, 0.25) is 0 Å². The van der Waals surface area contributed by atoms with Crippen LogP contribution in [0.2, 0.25) is 5.02 Å². The van der Waals surface area contributed by atoms with E-state index in [1.165, 1.54) is 13.3 Å². The summed E-state index contributed by atoms with van der Waals surface area (Å²) in [6, 6.07) is 12.5. The third-order valence-electron chi connectivity index (χ3n) is 4.72. The third-order valence-corrected chi connectivity index (χ3v) is 4.96. The lowest BCUT2D eigenvalue weighted by molar-refractivity contribution is -0.123. The summed E-state index contributed by atoms with van der Waals surface area (Å²) in [5.41, 5.74) is 2.78. The lowest BCUT2D eigenvalue weighted by Crippen LogP contribution is -2.28. The van der Waals surface area contributed by atoms with Gasteiger partial charge in [-0.3, -0.25) is 9.59 Å². The number of carbonyl (C=O) groups excluding carboxylic acids is 2. The fourth-order valence-electron chi connectivity index (χ4n) is 3.11. The number of aromatic nitrogens is 2. The zero-order chi connectivity index (χ0) is 23.1. The highest BCUT2D eigenvalue weighted by atomic mass is 35.5. The molecule has 0 spiro atoms. The highest BCUT2D eigenvalue weighted by Crippen LogP contribution is 2.28. The molecular weight excluding hydrogens is 432 g/mol. The molecule has 32 heavy (non-hydrogen) atoms. The molecule has 0 unspecified atom stereocenters. The number of nitrogens with zero attached hydrogens (tertiary/aromatic N) is 2. The fourth-order valence-corrected chi connectivity index (χ4v) is 3.30. The van der Waals surface area contributed by atoms with E-state index < -0.39 is 0 Å². The topological polar surface area (TPSA) is 94.5 Å². The monoisotopic (exact) mass is 456 g/mol. The third kappa shape index (κ3) is 5.59. The fraction of sp³-hybridized carbons (Fsp3) is 0.261. The molecule has 0 aliphatic carbocycles. The first-order valence-corrected chi connectivity index (χ1v) is 10.5. The van der Waals surface area contributed by atoms with Crippen molar-refractivity contribution in [2.24, 2.45) is 0 Å². The van der Waals surface area contributed by atoms with E-state index in [-0.39, 0.29) is 25.0 Å². The summed E-state index contributed by atoms with van der Waals surface area (Å²) >= 11 is 6.06. The second-order valence-electron chi connectivity index (χ2n) is 6.95. The van der Waals surface area contributed by atoms with Gasteiger partial charge in [-0.25, -0.2) is 4.68 Å². The first-order valence-electron chi connectivity index (χ1n) is 10.1. The maximum absolute atomic E-state index is 12.7. The van der Waals surface area contributed by atoms with Gasteiger partial charge >= 0.3 is 0 Å². The number of hydrogen-bond donors (Lipinski definition) is 2. The molecule has 0 fully saturated rings. The predicted molar refractivity (Wildman–Crippen MR) is 122 cm³/mol. The molecule has 8 nitrogen and oxygen atoms in total. The molecule has 0 atom stereocenters. The Balaban J connectivity index is 1.65. The van der Waals surface area contributed by atoms with Crippen LogP contribution >= 0.6 is 11.6 Å². The van der Waals surface area contributed by atoms with Crippen LogP contribution in [0.15, 0.2) is 48.7 Å². The SMILES string of the molecule is CCNC(=O)COc1ccc(CNC(=O)c2cnn(-c3cccc(Cl)c3)c2C)cc1OC. The van der Waals surface area contributed by atoms with Crippen LogP contribution < -0.4 is 20.1 Å². The molecular formula is C23H25ClN4O4. The molecule has 3 rings (SSSR count). The van der Waals surface area contributed by atoms with Crippen molar-refractivity contribution in [2.75, 3.05) is 20.3 Å². The first kappa shape index (κ1) is 23.1. The molecule has 0 bridgehead atoms. The van der Waals surface area contributed by atoms with E-state index in [2.05, 4.69) is 15.7 Å². The molecule has 1 heterocycles. The number of likely N-dealkylation sites (N-methyl/N-ethyl adjacent to an activating group) is 1. The number of methoxy groups -OCH3 is 1. The minimum atomic E-state index is -0.244. The Morgan fingerprint density at radius 2 is 1.94 bits per heavy atom. The number of hydrogen-bond acceptors (Lipinski definition) is 5. The molecule has 2 aromatic carbocycles. The number of nitrogens with one attached hydrogen (secondary N) is 2. The van der Waals surface area contributed by atoms with Crippen LogP contribution in [0, 0.1) is 6.92 Å². The normalized spacial score (nSPS) is 10.5. The summed E-state index contributed by atoms with van der Waals surface area (Å²) in [7, 11) is 1.52. The second-order valence-corrected chi connectivity index (χ2v) is 7.38. The predicted octanol–water partition coefficient (Wildman–Crippen LogP) is 3.29. The van der Waals surface area contributed by atoms with Gasteiger partial charge in [0.05, 0.1) is 30.3 Å². The summed E-state index contributed by atoms with van der Waals surface area (Å²) in [5.74, 6) is 0.476. The highest BCUT2D eigenvalue weighted by Gasteiger charge is 2.16. The average Bonchev–Trinajstić information content (AvgIpc) is 3.17. The van der Waals surface area contributed by atoms with Gasteiger partial charge in [0, 0.05) is 18.1 Å². The Labute approximate surface area is 191 Å². The van der Waals surface area contributed by atoms with Gasteiger partial charge in [0.25, 0.3) is 11.8 Å². The standard InChI is InChI=1S/C23H25ClN4O4/c1-4-25-22(29)14-32-20-9-8-16(10-21(20)31-3)12-26-23(30)19-13-27-28(15(19)2)18-7-5-6-17(24)11-18/h5-11,13H,4,12,14H2,1-3H3,(H,25,29)(H,26,30).